The van der Waals surface area contributed by atoms with Gasteiger partial charge in [0.05, 0.1) is 11.0 Å². The first-order valence-corrected chi connectivity index (χ1v) is 7.39. The molecule has 0 saturated carbocycles. The van der Waals surface area contributed by atoms with Crippen LogP contribution in [0.1, 0.15) is 37.6 Å². The molecule has 1 N–H and O–H groups in total. The highest BCUT2D eigenvalue weighted by atomic mass is 19.1. The van der Waals surface area contributed by atoms with Crippen molar-refractivity contribution in [1.82, 2.24) is 9.97 Å². The molecule has 21 heavy (non-hydrogen) atoms. The van der Waals surface area contributed by atoms with Crippen molar-refractivity contribution in [2.75, 3.05) is 0 Å². The van der Waals surface area contributed by atoms with E-state index in [9.17, 15) is 4.39 Å². The molecule has 2 aromatic carbocycles. The molecule has 0 fully saturated rings. The lowest BCUT2D eigenvalue weighted by atomic mass is 9.85. The average molecular weight is 282 g/mol. The minimum atomic E-state index is -0.238. The van der Waals surface area contributed by atoms with Gasteiger partial charge in [0.2, 0.25) is 0 Å². The van der Waals surface area contributed by atoms with Crippen molar-refractivity contribution in [1.29, 1.82) is 0 Å². The van der Waals surface area contributed by atoms with Crippen LogP contribution in [0.3, 0.4) is 0 Å². The van der Waals surface area contributed by atoms with Gasteiger partial charge in [0.25, 0.3) is 0 Å². The van der Waals surface area contributed by atoms with Crippen molar-refractivity contribution in [2.24, 2.45) is 5.92 Å². The quantitative estimate of drug-likeness (QED) is 0.726. The maximum absolute atomic E-state index is 13.3. The van der Waals surface area contributed by atoms with Crippen LogP contribution in [0.4, 0.5) is 4.39 Å². The maximum atomic E-state index is 13.3. The molecule has 3 heteroatoms. The topological polar surface area (TPSA) is 28.7 Å². The summed E-state index contributed by atoms with van der Waals surface area (Å²) < 4.78 is 13.3. The molecule has 0 spiro atoms. The zero-order valence-corrected chi connectivity index (χ0v) is 12.3. The number of halogens is 1. The predicted octanol–water partition coefficient (Wildman–Crippen LogP) is 4.88. The number of nitrogens with one attached hydrogen (secondary N) is 1. The van der Waals surface area contributed by atoms with E-state index in [1.54, 1.807) is 6.07 Å². The first kappa shape index (κ1) is 13.8. The van der Waals surface area contributed by atoms with Crippen molar-refractivity contribution < 1.29 is 4.39 Å². The summed E-state index contributed by atoms with van der Waals surface area (Å²) in [6.45, 7) is 4.41. The molecule has 2 atom stereocenters. The number of hydrogen-bond donors (Lipinski definition) is 1. The fraction of sp³-hybridized carbons (Fsp3) is 0.278. The Labute approximate surface area is 124 Å². The second-order valence-electron chi connectivity index (χ2n) is 5.56. The number of aromatic nitrogens is 2. The molecule has 1 heterocycles. The fourth-order valence-electron chi connectivity index (χ4n) is 2.80. The Hall–Kier alpha value is -2.16. The first-order valence-electron chi connectivity index (χ1n) is 7.39. The summed E-state index contributed by atoms with van der Waals surface area (Å²) in [7, 11) is 0. The third-order valence-corrected chi connectivity index (χ3v) is 4.13. The second kappa shape index (κ2) is 5.68. The first-order chi connectivity index (χ1) is 10.2. The van der Waals surface area contributed by atoms with E-state index in [-0.39, 0.29) is 11.7 Å². The summed E-state index contributed by atoms with van der Waals surface area (Å²) in [5, 5.41) is 0. The maximum Gasteiger partial charge on any atom is 0.125 e. The van der Waals surface area contributed by atoms with Gasteiger partial charge in [-0.1, -0.05) is 50.6 Å². The van der Waals surface area contributed by atoms with Gasteiger partial charge < -0.3 is 4.98 Å². The van der Waals surface area contributed by atoms with E-state index in [4.69, 9.17) is 0 Å². The second-order valence-corrected chi connectivity index (χ2v) is 5.56. The highest BCUT2D eigenvalue weighted by Gasteiger charge is 2.23. The normalized spacial score (nSPS) is 14.2. The summed E-state index contributed by atoms with van der Waals surface area (Å²) >= 11 is 0. The molecule has 0 radical (unpaired) electrons. The molecule has 0 aliphatic rings. The van der Waals surface area contributed by atoms with E-state index in [2.05, 4.69) is 35.9 Å². The van der Waals surface area contributed by atoms with Crippen LogP contribution in [0, 0.1) is 11.7 Å². The Morgan fingerprint density at radius 2 is 1.90 bits per heavy atom. The van der Waals surface area contributed by atoms with E-state index in [1.165, 1.54) is 17.7 Å². The lowest BCUT2D eigenvalue weighted by Gasteiger charge is -2.21. The van der Waals surface area contributed by atoms with Crippen molar-refractivity contribution >= 4 is 11.0 Å². The number of hydrogen-bond acceptors (Lipinski definition) is 1. The molecule has 1 aromatic heterocycles. The van der Waals surface area contributed by atoms with Crippen LogP contribution in [0.25, 0.3) is 11.0 Å². The number of fused-ring (bicyclic) bond motifs is 1. The standard InChI is InChI=1S/C18H19FN2/c1-3-12(2)17(13-7-5-4-6-8-13)18-20-15-10-9-14(19)11-16(15)21-18/h4-12,17H,3H2,1-2H3,(H,20,21). The number of H-pyrrole nitrogens is 1. The van der Waals surface area contributed by atoms with E-state index >= 15 is 0 Å². The summed E-state index contributed by atoms with van der Waals surface area (Å²) in [5.74, 6) is 1.33. The van der Waals surface area contributed by atoms with Crippen molar-refractivity contribution in [3.8, 4) is 0 Å². The van der Waals surface area contributed by atoms with Gasteiger partial charge in [-0.25, -0.2) is 9.37 Å². The van der Waals surface area contributed by atoms with E-state index in [1.807, 2.05) is 18.2 Å². The van der Waals surface area contributed by atoms with Crippen LogP contribution in [0.15, 0.2) is 48.5 Å². The molecule has 0 saturated heterocycles. The van der Waals surface area contributed by atoms with Gasteiger partial charge in [0.15, 0.2) is 0 Å². The number of rotatable bonds is 4. The zero-order chi connectivity index (χ0) is 14.8. The molecule has 108 valence electrons. The van der Waals surface area contributed by atoms with Gasteiger partial charge in [0.1, 0.15) is 11.6 Å². The van der Waals surface area contributed by atoms with Crippen LogP contribution in [0.2, 0.25) is 0 Å². The van der Waals surface area contributed by atoms with Gasteiger partial charge in [-0.3, -0.25) is 0 Å². The number of aromatic amines is 1. The fourth-order valence-corrected chi connectivity index (χ4v) is 2.80. The van der Waals surface area contributed by atoms with Crippen LogP contribution < -0.4 is 0 Å². The summed E-state index contributed by atoms with van der Waals surface area (Å²) in [6, 6.07) is 15.1. The molecule has 3 aromatic rings. The van der Waals surface area contributed by atoms with Crippen molar-refractivity contribution in [2.45, 2.75) is 26.2 Å². The lowest BCUT2D eigenvalue weighted by molar-refractivity contribution is 0.482. The third kappa shape index (κ3) is 2.68. The molecular weight excluding hydrogens is 263 g/mol. The van der Waals surface area contributed by atoms with Gasteiger partial charge in [-0.2, -0.15) is 0 Å². The van der Waals surface area contributed by atoms with E-state index in [0.717, 1.165) is 23.3 Å². The van der Waals surface area contributed by atoms with Gasteiger partial charge >= 0.3 is 0 Å². The third-order valence-electron chi connectivity index (χ3n) is 4.13. The highest BCUT2D eigenvalue weighted by molar-refractivity contribution is 5.75. The number of benzene rings is 2. The summed E-state index contributed by atoms with van der Waals surface area (Å²) in [6.07, 6.45) is 1.06. The zero-order valence-electron chi connectivity index (χ0n) is 12.3. The van der Waals surface area contributed by atoms with Crippen LogP contribution in [0.5, 0.6) is 0 Å². The minimum absolute atomic E-state index is 0.201. The number of nitrogens with zero attached hydrogens (tertiary/aromatic N) is 1. The smallest absolute Gasteiger partial charge is 0.125 e. The van der Waals surface area contributed by atoms with Gasteiger partial charge in [-0.05, 0) is 29.7 Å². The monoisotopic (exact) mass is 282 g/mol. The number of imidazole rings is 1. The Balaban J connectivity index is 2.10. The summed E-state index contributed by atoms with van der Waals surface area (Å²) in [5.41, 5.74) is 2.82. The highest BCUT2D eigenvalue weighted by Crippen LogP contribution is 2.33. The van der Waals surface area contributed by atoms with Crippen LogP contribution in [-0.2, 0) is 0 Å². The Morgan fingerprint density at radius 3 is 2.62 bits per heavy atom. The SMILES string of the molecule is CCC(C)C(c1ccccc1)c1nc2ccc(F)cc2[nH]1. The van der Waals surface area contributed by atoms with Crippen LogP contribution >= 0.6 is 0 Å². The molecule has 0 aliphatic carbocycles. The molecule has 2 nitrogen and oxygen atoms in total. The molecular formula is C18H19FN2. The van der Waals surface area contributed by atoms with Gasteiger partial charge in [-0.15, -0.1) is 0 Å². The largest absolute Gasteiger partial charge is 0.341 e. The Bertz CT molecular complexity index is 733. The summed E-state index contributed by atoms with van der Waals surface area (Å²) in [4.78, 5) is 7.98. The molecule has 3 rings (SSSR count). The van der Waals surface area contributed by atoms with Crippen LogP contribution in [-0.4, -0.2) is 9.97 Å². The van der Waals surface area contributed by atoms with Gasteiger partial charge in [0, 0.05) is 5.92 Å². The Morgan fingerprint density at radius 1 is 1.14 bits per heavy atom. The predicted molar refractivity (Wildman–Crippen MR) is 83.8 cm³/mol. The van der Waals surface area contributed by atoms with Crippen molar-refractivity contribution in [3.05, 3.63) is 65.7 Å². The molecule has 0 amide bonds. The Kier molecular flexibility index (Phi) is 3.74. The molecule has 2 unspecified atom stereocenters. The minimum Gasteiger partial charge on any atom is -0.341 e. The van der Waals surface area contributed by atoms with E-state index in [0.29, 0.717) is 5.92 Å². The molecule has 0 aliphatic heterocycles. The van der Waals surface area contributed by atoms with Crippen molar-refractivity contribution in [3.63, 3.8) is 0 Å². The van der Waals surface area contributed by atoms with E-state index < -0.39 is 0 Å². The molecule has 0 bridgehead atoms. The lowest BCUT2D eigenvalue weighted by Crippen LogP contribution is -2.12. The average Bonchev–Trinajstić information content (AvgIpc) is 2.90.